The molecule has 0 saturated carbocycles. The molecular weight excluding hydrogens is 238 g/mol. The summed E-state index contributed by atoms with van der Waals surface area (Å²) >= 11 is 0. The van der Waals surface area contributed by atoms with Crippen molar-refractivity contribution >= 4 is 0 Å². The molecule has 0 aliphatic rings. The second kappa shape index (κ2) is 4.98. The van der Waals surface area contributed by atoms with Gasteiger partial charge in [-0.2, -0.15) is 0 Å². The van der Waals surface area contributed by atoms with E-state index in [-0.39, 0.29) is 0 Å². The number of benzene rings is 2. The van der Waals surface area contributed by atoms with Gasteiger partial charge < -0.3 is 4.42 Å². The normalized spacial score (nSPS) is 10.5. The maximum absolute atomic E-state index is 11.5. The van der Waals surface area contributed by atoms with Gasteiger partial charge in [-0.1, -0.05) is 60.7 Å². The Balaban J connectivity index is 2.01. The Morgan fingerprint density at radius 1 is 0.895 bits per heavy atom. The zero-order valence-corrected chi connectivity index (χ0v) is 10.3. The lowest BCUT2D eigenvalue weighted by Crippen LogP contribution is -1.97. The van der Waals surface area contributed by atoms with Gasteiger partial charge in [0.15, 0.2) is 5.76 Å². The van der Waals surface area contributed by atoms with E-state index in [0.29, 0.717) is 12.2 Å². The summed E-state index contributed by atoms with van der Waals surface area (Å²) in [7, 11) is 0. The maximum Gasteiger partial charge on any atom is 0.417 e. The average molecular weight is 251 g/mol. The summed E-state index contributed by atoms with van der Waals surface area (Å²) in [5, 5.41) is 0. The van der Waals surface area contributed by atoms with E-state index in [0.717, 1.165) is 16.8 Å². The summed E-state index contributed by atoms with van der Waals surface area (Å²) in [6.45, 7) is 0. The Morgan fingerprint density at radius 3 is 2.21 bits per heavy atom. The van der Waals surface area contributed by atoms with Crippen LogP contribution in [0.1, 0.15) is 11.3 Å². The minimum atomic E-state index is -0.412. The highest BCUT2D eigenvalue weighted by molar-refractivity contribution is 5.59. The zero-order chi connectivity index (χ0) is 13.1. The SMILES string of the molecule is O=c1[nH]c(Cc2ccccc2)c(-c2ccccc2)o1. The number of rotatable bonds is 3. The summed E-state index contributed by atoms with van der Waals surface area (Å²) in [6, 6.07) is 19.6. The number of aromatic nitrogens is 1. The molecule has 1 N–H and O–H groups in total. The van der Waals surface area contributed by atoms with Crippen molar-refractivity contribution in [3.05, 3.63) is 82.5 Å². The lowest BCUT2D eigenvalue weighted by molar-refractivity contribution is 0.528. The number of hydrogen-bond donors (Lipinski definition) is 1. The molecular formula is C16H13NO2. The fraction of sp³-hybridized carbons (Fsp3) is 0.0625. The summed E-state index contributed by atoms with van der Waals surface area (Å²) in [6.07, 6.45) is 0.650. The summed E-state index contributed by atoms with van der Waals surface area (Å²) in [5.41, 5.74) is 2.85. The van der Waals surface area contributed by atoms with Gasteiger partial charge >= 0.3 is 5.76 Å². The van der Waals surface area contributed by atoms with Crippen molar-refractivity contribution < 1.29 is 4.42 Å². The number of hydrogen-bond acceptors (Lipinski definition) is 2. The number of nitrogens with one attached hydrogen (secondary N) is 1. The smallest absolute Gasteiger partial charge is 0.408 e. The van der Waals surface area contributed by atoms with Gasteiger partial charge in [0.05, 0.1) is 5.69 Å². The first kappa shape index (κ1) is 11.5. The summed E-state index contributed by atoms with van der Waals surface area (Å²) in [4.78, 5) is 14.2. The Bertz CT molecular complexity index is 711. The first-order valence-electron chi connectivity index (χ1n) is 6.14. The second-order valence-electron chi connectivity index (χ2n) is 4.35. The lowest BCUT2D eigenvalue weighted by Gasteiger charge is -2.02. The number of H-pyrrole nitrogens is 1. The van der Waals surface area contributed by atoms with Crippen LogP contribution in [0, 0.1) is 0 Å². The molecule has 1 heterocycles. The van der Waals surface area contributed by atoms with Crippen LogP contribution < -0.4 is 5.76 Å². The molecule has 0 bridgehead atoms. The van der Waals surface area contributed by atoms with E-state index in [2.05, 4.69) is 4.98 Å². The molecule has 3 nitrogen and oxygen atoms in total. The fourth-order valence-corrected chi connectivity index (χ4v) is 2.11. The highest BCUT2D eigenvalue weighted by atomic mass is 16.4. The van der Waals surface area contributed by atoms with E-state index in [4.69, 9.17) is 4.42 Å². The predicted octanol–water partition coefficient (Wildman–Crippen LogP) is 3.23. The number of oxazole rings is 1. The van der Waals surface area contributed by atoms with Crippen LogP contribution >= 0.6 is 0 Å². The molecule has 3 heteroatoms. The Labute approximate surface area is 110 Å². The first-order valence-corrected chi connectivity index (χ1v) is 6.14. The van der Waals surface area contributed by atoms with Crippen LogP contribution in [0.5, 0.6) is 0 Å². The van der Waals surface area contributed by atoms with Crippen molar-refractivity contribution in [1.29, 1.82) is 0 Å². The lowest BCUT2D eigenvalue weighted by atomic mass is 10.1. The molecule has 19 heavy (non-hydrogen) atoms. The van der Waals surface area contributed by atoms with Crippen LogP contribution in [0.15, 0.2) is 69.9 Å². The highest BCUT2D eigenvalue weighted by Crippen LogP contribution is 2.22. The minimum Gasteiger partial charge on any atom is -0.408 e. The largest absolute Gasteiger partial charge is 0.417 e. The molecule has 0 radical (unpaired) electrons. The number of aromatic amines is 1. The van der Waals surface area contributed by atoms with Crippen LogP contribution in [0.2, 0.25) is 0 Å². The topological polar surface area (TPSA) is 46.0 Å². The van der Waals surface area contributed by atoms with Gasteiger partial charge in [0, 0.05) is 12.0 Å². The molecule has 3 rings (SSSR count). The van der Waals surface area contributed by atoms with Gasteiger partial charge in [-0.3, -0.25) is 4.98 Å². The van der Waals surface area contributed by atoms with E-state index >= 15 is 0 Å². The molecule has 0 saturated heterocycles. The van der Waals surface area contributed by atoms with Crippen molar-refractivity contribution in [2.24, 2.45) is 0 Å². The minimum absolute atomic E-state index is 0.412. The fourth-order valence-electron chi connectivity index (χ4n) is 2.11. The monoisotopic (exact) mass is 251 g/mol. The molecule has 1 aromatic heterocycles. The van der Waals surface area contributed by atoms with Crippen molar-refractivity contribution in [3.63, 3.8) is 0 Å². The maximum atomic E-state index is 11.5. The quantitative estimate of drug-likeness (QED) is 0.776. The molecule has 0 fully saturated rings. The third-order valence-corrected chi connectivity index (χ3v) is 2.98. The first-order chi connectivity index (χ1) is 9.33. The summed E-state index contributed by atoms with van der Waals surface area (Å²) in [5.74, 6) is 0.208. The van der Waals surface area contributed by atoms with Crippen LogP contribution in [0.4, 0.5) is 0 Å². The molecule has 3 aromatic rings. The zero-order valence-electron chi connectivity index (χ0n) is 10.3. The van der Waals surface area contributed by atoms with Gasteiger partial charge in [-0.25, -0.2) is 4.79 Å². The molecule has 2 aromatic carbocycles. The van der Waals surface area contributed by atoms with E-state index in [1.165, 1.54) is 0 Å². The molecule has 0 aliphatic heterocycles. The van der Waals surface area contributed by atoms with E-state index in [1.54, 1.807) is 0 Å². The van der Waals surface area contributed by atoms with Crippen molar-refractivity contribution in [3.8, 4) is 11.3 Å². The molecule has 0 spiro atoms. The standard InChI is InChI=1S/C16H13NO2/c18-16-17-14(11-12-7-3-1-4-8-12)15(19-16)13-9-5-2-6-10-13/h1-10H,11H2,(H,17,18). The molecule has 94 valence electrons. The Hall–Kier alpha value is -2.55. The molecule has 0 unspecified atom stereocenters. The van der Waals surface area contributed by atoms with Crippen LogP contribution in [-0.2, 0) is 6.42 Å². The van der Waals surface area contributed by atoms with Crippen LogP contribution in [-0.4, -0.2) is 4.98 Å². The van der Waals surface area contributed by atoms with Gasteiger partial charge in [0.1, 0.15) is 0 Å². The van der Waals surface area contributed by atoms with Crippen molar-refractivity contribution in [2.75, 3.05) is 0 Å². The molecule has 0 atom stereocenters. The predicted molar refractivity (Wildman–Crippen MR) is 74.0 cm³/mol. The van der Waals surface area contributed by atoms with E-state index in [9.17, 15) is 4.79 Å². The van der Waals surface area contributed by atoms with Crippen LogP contribution in [0.25, 0.3) is 11.3 Å². The van der Waals surface area contributed by atoms with E-state index in [1.807, 2.05) is 60.7 Å². The van der Waals surface area contributed by atoms with Crippen LogP contribution in [0.3, 0.4) is 0 Å². The van der Waals surface area contributed by atoms with Gasteiger partial charge in [-0.05, 0) is 5.56 Å². The third-order valence-electron chi connectivity index (χ3n) is 2.98. The van der Waals surface area contributed by atoms with Crippen molar-refractivity contribution in [1.82, 2.24) is 4.98 Å². The van der Waals surface area contributed by atoms with Gasteiger partial charge in [-0.15, -0.1) is 0 Å². The molecule has 0 amide bonds. The Morgan fingerprint density at radius 2 is 1.53 bits per heavy atom. The highest BCUT2D eigenvalue weighted by Gasteiger charge is 2.12. The van der Waals surface area contributed by atoms with Gasteiger partial charge in [0.2, 0.25) is 0 Å². The van der Waals surface area contributed by atoms with Crippen molar-refractivity contribution in [2.45, 2.75) is 6.42 Å². The Kier molecular flexibility index (Phi) is 3.02. The van der Waals surface area contributed by atoms with E-state index < -0.39 is 5.76 Å². The van der Waals surface area contributed by atoms with Gasteiger partial charge in [0.25, 0.3) is 0 Å². The second-order valence-corrected chi connectivity index (χ2v) is 4.35. The average Bonchev–Trinajstić information content (AvgIpc) is 2.82. The third kappa shape index (κ3) is 2.50. The molecule has 0 aliphatic carbocycles. The summed E-state index contributed by atoms with van der Waals surface area (Å²) < 4.78 is 5.26.